The number of rotatable bonds is 0. The molecule has 0 aliphatic carbocycles. The Hall–Kier alpha value is -0.200. The van der Waals surface area contributed by atoms with Crippen LogP contribution >= 0.6 is 12.2 Å². The van der Waals surface area contributed by atoms with E-state index in [4.69, 9.17) is 6.57 Å². The highest BCUT2D eigenvalue weighted by Crippen LogP contribution is 1.67. The number of nitrogens with zero attached hydrogens (tertiary/aromatic N) is 1. The maximum atomic E-state index is 6.04. The minimum Gasteiger partial charge on any atom is -0.461 e. The van der Waals surface area contributed by atoms with Crippen LogP contribution in [0.2, 0.25) is 0 Å². The van der Waals surface area contributed by atoms with Gasteiger partial charge in [0, 0.05) is 0 Å². The van der Waals surface area contributed by atoms with Gasteiger partial charge in [-0.3, -0.25) is 4.85 Å². The third-order valence-corrected chi connectivity index (χ3v) is 0.274. The fourth-order valence-corrected chi connectivity index (χ4v) is 0. The third kappa shape index (κ3) is 3.80. The second-order valence-corrected chi connectivity index (χ2v) is 1.41. The van der Waals surface area contributed by atoms with E-state index in [1.165, 1.54) is 0 Å². The summed E-state index contributed by atoms with van der Waals surface area (Å²) in [5, 5.41) is 0. The number of thiocarbonyl (C=S) groups is 1. The maximum absolute atomic E-state index is 6.04. The van der Waals surface area contributed by atoms with Gasteiger partial charge in [0.25, 0.3) is 0 Å². The quantitative estimate of drug-likeness (QED) is 0.252. The van der Waals surface area contributed by atoms with Crippen LogP contribution in [0.5, 0.6) is 0 Å². The maximum Gasteiger partial charge on any atom is 0.0921 e. The van der Waals surface area contributed by atoms with E-state index in [1.54, 1.807) is 0 Å². The number of hydrogen-bond donors (Lipinski definition) is 0. The molecule has 3 heteroatoms. The molecule has 26 valence electrons. The first-order valence-corrected chi connectivity index (χ1v) is 1.67. The Morgan fingerprint density at radius 1 is 2.00 bits per heavy atom. The lowest BCUT2D eigenvalue weighted by molar-refractivity contribution is 2.48. The number of hydrogen-bond acceptors (Lipinski definition) is 2. The van der Waals surface area contributed by atoms with Crippen LogP contribution in [0.15, 0.2) is 0 Å². The second-order valence-electron chi connectivity index (χ2n) is 0.378. The molecule has 0 aliphatic rings. The molecule has 0 aromatic heterocycles. The molecule has 0 aromatic rings. The van der Waals surface area contributed by atoms with E-state index >= 15 is 0 Å². The van der Waals surface area contributed by atoms with Crippen LogP contribution in [0.4, 0.5) is 0 Å². The lowest BCUT2D eigenvalue weighted by Gasteiger charge is -1.78. The first-order valence-electron chi connectivity index (χ1n) is 0.855. The summed E-state index contributed by atoms with van der Waals surface area (Å²) < 4.78 is -0.0370. The monoisotopic (exact) mass is 102 g/mol. The fraction of sp³-hybridized carbons (Fsp3) is 0. The Morgan fingerprint density at radius 2 is 2.20 bits per heavy atom. The highest BCUT2D eigenvalue weighted by atomic mass is 32.1. The van der Waals surface area contributed by atoms with Crippen molar-refractivity contribution in [2.75, 3.05) is 0 Å². The zero-order valence-electron chi connectivity index (χ0n) is 2.26. The van der Waals surface area contributed by atoms with Crippen molar-refractivity contribution in [1.29, 1.82) is 0 Å². The molecule has 0 heterocycles. The van der Waals surface area contributed by atoms with E-state index in [1.807, 2.05) is 0 Å². The summed E-state index contributed by atoms with van der Waals surface area (Å²) in [4.78, 5) is 2.69. The Balaban J connectivity index is 3.35. The summed E-state index contributed by atoms with van der Waals surface area (Å²) in [6.07, 6.45) is 0. The summed E-state index contributed by atoms with van der Waals surface area (Å²) in [5.41, 5.74) is 0. The minimum absolute atomic E-state index is 0.0370. The van der Waals surface area contributed by atoms with Crippen LogP contribution in [0.1, 0.15) is 0 Å². The Kier molecular flexibility index (Phi) is 1.98. The zero-order valence-corrected chi connectivity index (χ0v) is 3.90. The first-order chi connectivity index (χ1) is 2.27. The van der Waals surface area contributed by atoms with Gasteiger partial charge in [0.1, 0.15) is 0 Å². The van der Waals surface area contributed by atoms with Crippen LogP contribution < -0.4 is 0 Å². The van der Waals surface area contributed by atoms with E-state index in [0.29, 0.717) is 0 Å². The lowest BCUT2D eigenvalue weighted by atomic mass is 11.4. The molecule has 0 saturated heterocycles. The van der Waals surface area contributed by atoms with E-state index in [9.17, 15) is 0 Å². The van der Waals surface area contributed by atoms with Crippen molar-refractivity contribution < 1.29 is 0 Å². The van der Waals surface area contributed by atoms with Crippen LogP contribution in [-0.2, 0) is 12.6 Å². The third-order valence-electron chi connectivity index (χ3n) is 0.0913. The zero-order chi connectivity index (χ0) is 4.28. The van der Waals surface area contributed by atoms with E-state index in [0.717, 1.165) is 0 Å². The van der Waals surface area contributed by atoms with Crippen molar-refractivity contribution in [2.45, 2.75) is 0 Å². The van der Waals surface area contributed by atoms with Gasteiger partial charge in [-0.2, -0.15) is 0 Å². The van der Waals surface area contributed by atoms with Gasteiger partial charge < -0.3 is 24.8 Å². The largest absolute Gasteiger partial charge is 0.461 e. The molecule has 0 aliphatic heterocycles. The van der Waals surface area contributed by atoms with Crippen LogP contribution in [0.3, 0.4) is 0 Å². The highest BCUT2D eigenvalue weighted by molar-refractivity contribution is 8.00. The van der Waals surface area contributed by atoms with Gasteiger partial charge in [0.2, 0.25) is 0 Å². The fourth-order valence-electron chi connectivity index (χ4n) is 0. The van der Waals surface area contributed by atoms with Crippen molar-refractivity contribution in [1.82, 2.24) is 0 Å². The predicted octanol–water partition coefficient (Wildman–Crippen LogP) is 0.737. The molecule has 0 radical (unpaired) electrons. The molecule has 0 bridgehead atoms. The van der Waals surface area contributed by atoms with Crippen molar-refractivity contribution in [2.24, 2.45) is 0 Å². The molecular formula is C2NS2-. The minimum atomic E-state index is -0.0370. The normalized spacial score (nSPS) is 5.40. The summed E-state index contributed by atoms with van der Waals surface area (Å²) >= 11 is 8.31. The summed E-state index contributed by atoms with van der Waals surface area (Å²) in [5.74, 6) is 0. The van der Waals surface area contributed by atoms with Crippen molar-refractivity contribution in [3.05, 3.63) is 11.4 Å². The molecule has 0 spiro atoms. The standard InChI is InChI=1S/C2HNS2/c1-3-2(4)5/h(H,4,5)/p-1. The highest BCUT2D eigenvalue weighted by Gasteiger charge is 1.51. The molecule has 0 saturated carbocycles. The molecule has 5 heavy (non-hydrogen) atoms. The van der Waals surface area contributed by atoms with Gasteiger partial charge >= 0.3 is 0 Å². The molecule has 0 amide bonds. The average Bonchev–Trinajstić information content (AvgIpc) is 1.38. The lowest BCUT2D eigenvalue weighted by Crippen LogP contribution is -1.66. The molecular weight excluding hydrogens is 102 g/mol. The Labute approximate surface area is 41.2 Å². The smallest absolute Gasteiger partial charge is 0.0921 e. The predicted molar refractivity (Wildman–Crippen MR) is 26.6 cm³/mol. The van der Waals surface area contributed by atoms with Gasteiger partial charge in [-0.05, 0) is 0 Å². The SMILES string of the molecule is [C-]#[N+]C(=S)[S-]. The molecule has 1 nitrogen and oxygen atoms in total. The molecule has 0 N–H and O–H groups in total. The van der Waals surface area contributed by atoms with Gasteiger partial charge in [0.15, 0.2) is 0 Å². The van der Waals surface area contributed by atoms with Gasteiger partial charge in [-0.25, -0.2) is 0 Å². The van der Waals surface area contributed by atoms with Gasteiger partial charge in [-0.1, -0.05) is 0 Å². The molecule has 0 unspecified atom stereocenters. The van der Waals surface area contributed by atoms with Gasteiger partial charge in [0.05, 0.1) is 10.9 Å². The summed E-state index contributed by atoms with van der Waals surface area (Å²) in [6.45, 7) is 6.04. The molecule has 0 aromatic carbocycles. The van der Waals surface area contributed by atoms with E-state index in [2.05, 4.69) is 29.7 Å². The first kappa shape index (κ1) is 4.80. The molecule has 0 fully saturated rings. The average molecular weight is 102 g/mol. The summed E-state index contributed by atoms with van der Waals surface area (Å²) in [7, 11) is 0. The van der Waals surface area contributed by atoms with Crippen molar-refractivity contribution in [3.8, 4) is 0 Å². The Bertz CT molecular complexity index is 80.1. The van der Waals surface area contributed by atoms with Crippen molar-refractivity contribution in [3.63, 3.8) is 0 Å². The molecule has 0 rings (SSSR count). The van der Waals surface area contributed by atoms with Crippen molar-refractivity contribution >= 4 is 29.2 Å². The second kappa shape index (κ2) is 2.06. The van der Waals surface area contributed by atoms with Gasteiger partial charge in [-0.15, -0.1) is 0 Å². The Morgan fingerprint density at radius 3 is 2.20 bits per heavy atom. The van der Waals surface area contributed by atoms with Crippen LogP contribution in [0, 0.1) is 6.57 Å². The topological polar surface area (TPSA) is 4.36 Å². The van der Waals surface area contributed by atoms with Crippen LogP contribution in [-0.4, -0.2) is 4.32 Å². The van der Waals surface area contributed by atoms with E-state index < -0.39 is 0 Å². The molecule has 0 atom stereocenters. The van der Waals surface area contributed by atoms with E-state index in [-0.39, 0.29) is 4.32 Å². The summed E-state index contributed by atoms with van der Waals surface area (Å²) in [6, 6.07) is 0. The van der Waals surface area contributed by atoms with Crippen LogP contribution in [0.25, 0.3) is 4.85 Å².